The third-order valence-corrected chi connectivity index (χ3v) is 2.77. The van der Waals surface area contributed by atoms with Crippen molar-refractivity contribution >= 4 is 6.21 Å². The molecule has 2 heteroatoms. The Bertz CT molecular complexity index is 510. The van der Waals surface area contributed by atoms with E-state index in [1.807, 2.05) is 36.5 Å². The number of hydrogen-bond acceptors (Lipinski definition) is 2. The number of hydrogen-bond donors (Lipinski definition) is 0. The first-order valence-corrected chi connectivity index (χ1v) is 5.72. The Labute approximate surface area is 101 Å². The molecule has 0 aromatic heterocycles. The van der Waals surface area contributed by atoms with Crippen LogP contribution in [0.15, 0.2) is 59.6 Å². The second kappa shape index (κ2) is 4.42. The summed E-state index contributed by atoms with van der Waals surface area (Å²) in [6, 6.07) is 18.6. The van der Waals surface area contributed by atoms with Gasteiger partial charge in [-0.05, 0) is 23.3 Å². The summed E-state index contributed by atoms with van der Waals surface area (Å²) in [5, 5.41) is 0. The molecule has 1 aliphatic rings. The Balaban J connectivity index is 1.61. The van der Waals surface area contributed by atoms with Crippen LogP contribution in [-0.4, -0.2) is 6.21 Å². The highest BCUT2D eigenvalue weighted by Gasteiger charge is 2.14. The van der Waals surface area contributed by atoms with Gasteiger partial charge in [-0.1, -0.05) is 42.5 Å². The highest BCUT2D eigenvalue weighted by Crippen LogP contribution is 2.26. The molecular weight excluding hydrogens is 210 g/mol. The Kier molecular flexibility index (Phi) is 2.62. The molecular formula is C15H13NO. The minimum Gasteiger partial charge on any atom is -0.489 e. The Morgan fingerprint density at radius 2 is 1.65 bits per heavy atom. The molecule has 0 amide bonds. The van der Waals surface area contributed by atoms with Crippen LogP contribution in [-0.2, 0) is 6.61 Å². The number of nitrogens with zero attached hydrogens (tertiary/aromatic N) is 1. The van der Waals surface area contributed by atoms with E-state index in [-0.39, 0.29) is 0 Å². The minimum atomic E-state index is 0.318. The second-order valence-corrected chi connectivity index (χ2v) is 4.09. The van der Waals surface area contributed by atoms with Crippen LogP contribution in [0.4, 0.5) is 0 Å². The first-order chi connectivity index (χ1) is 8.42. The maximum Gasteiger partial charge on any atom is 0.119 e. The summed E-state index contributed by atoms with van der Waals surface area (Å²) in [4.78, 5) is 4.13. The molecule has 1 aliphatic heterocycles. The van der Waals surface area contributed by atoms with Gasteiger partial charge in [0.25, 0.3) is 0 Å². The Hall–Kier alpha value is -2.09. The van der Waals surface area contributed by atoms with Crippen molar-refractivity contribution in [3.05, 3.63) is 65.7 Å². The average molecular weight is 223 g/mol. The molecule has 1 atom stereocenters. The van der Waals surface area contributed by atoms with Gasteiger partial charge in [0.05, 0.1) is 0 Å². The van der Waals surface area contributed by atoms with Crippen molar-refractivity contribution < 1.29 is 4.74 Å². The van der Waals surface area contributed by atoms with E-state index in [0.717, 1.165) is 5.75 Å². The van der Waals surface area contributed by atoms with Gasteiger partial charge in [0, 0.05) is 6.21 Å². The molecule has 17 heavy (non-hydrogen) atoms. The van der Waals surface area contributed by atoms with E-state index >= 15 is 0 Å². The molecule has 2 aromatic carbocycles. The van der Waals surface area contributed by atoms with E-state index < -0.39 is 0 Å². The first kappa shape index (κ1) is 10.1. The predicted molar refractivity (Wildman–Crippen MR) is 68.4 cm³/mol. The lowest BCUT2D eigenvalue weighted by Gasteiger charge is -2.06. The molecule has 0 spiro atoms. The zero-order valence-corrected chi connectivity index (χ0v) is 9.41. The van der Waals surface area contributed by atoms with Crippen molar-refractivity contribution in [2.45, 2.75) is 12.6 Å². The van der Waals surface area contributed by atoms with E-state index in [1.165, 1.54) is 11.1 Å². The molecule has 3 rings (SSSR count). The topological polar surface area (TPSA) is 21.6 Å². The summed E-state index contributed by atoms with van der Waals surface area (Å²) in [6.45, 7) is 0.611. The second-order valence-electron chi connectivity index (χ2n) is 4.09. The van der Waals surface area contributed by atoms with Crippen LogP contribution in [0.1, 0.15) is 17.2 Å². The molecule has 0 N–H and O–H groups in total. The monoisotopic (exact) mass is 223 g/mol. The summed E-state index contributed by atoms with van der Waals surface area (Å²) in [7, 11) is 0. The zero-order chi connectivity index (χ0) is 11.5. The molecule has 0 aliphatic carbocycles. The van der Waals surface area contributed by atoms with E-state index in [2.05, 4.69) is 29.3 Å². The van der Waals surface area contributed by atoms with Gasteiger partial charge in [0.2, 0.25) is 0 Å². The number of rotatable bonds is 4. The van der Waals surface area contributed by atoms with Gasteiger partial charge in [-0.2, -0.15) is 0 Å². The van der Waals surface area contributed by atoms with Gasteiger partial charge in [0.15, 0.2) is 0 Å². The molecule has 0 saturated carbocycles. The summed E-state index contributed by atoms with van der Waals surface area (Å²) < 4.78 is 5.71. The average Bonchev–Trinajstić information content (AvgIpc) is 3.23. The molecule has 0 saturated heterocycles. The Morgan fingerprint density at radius 3 is 2.29 bits per heavy atom. The highest BCUT2D eigenvalue weighted by atomic mass is 16.5. The molecule has 84 valence electrons. The van der Waals surface area contributed by atoms with Crippen LogP contribution >= 0.6 is 0 Å². The Morgan fingerprint density at radius 1 is 0.941 bits per heavy atom. The predicted octanol–water partition coefficient (Wildman–Crippen LogP) is 3.39. The lowest BCUT2D eigenvalue weighted by molar-refractivity contribution is 0.306. The van der Waals surface area contributed by atoms with Gasteiger partial charge >= 0.3 is 0 Å². The van der Waals surface area contributed by atoms with Gasteiger partial charge in [0.1, 0.15) is 18.4 Å². The van der Waals surface area contributed by atoms with Crippen molar-refractivity contribution in [1.82, 2.24) is 0 Å². The largest absolute Gasteiger partial charge is 0.489 e. The fraction of sp³-hybridized carbons (Fsp3) is 0.133. The van der Waals surface area contributed by atoms with Crippen LogP contribution in [0.2, 0.25) is 0 Å². The zero-order valence-electron chi connectivity index (χ0n) is 9.41. The standard InChI is InChI=1S/C15H13NO/c1-2-4-12(5-3-1)11-17-14-8-6-13(7-9-14)15-10-16-15/h1-10,15H,11H2. The van der Waals surface area contributed by atoms with Crippen molar-refractivity contribution in [1.29, 1.82) is 0 Å². The quantitative estimate of drug-likeness (QED) is 0.778. The minimum absolute atomic E-state index is 0.318. The van der Waals surface area contributed by atoms with Crippen molar-refractivity contribution in [2.75, 3.05) is 0 Å². The molecule has 1 unspecified atom stereocenters. The van der Waals surface area contributed by atoms with Crippen molar-refractivity contribution in [2.24, 2.45) is 4.99 Å². The smallest absolute Gasteiger partial charge is 0.119 e. The van der Waals surface area contributed by atoms with Crippen LogP contribution < -0.4 is 4.74 Å². The fourth-order valence-electron chi connectivity index (χ4n) is 1.72. The van der Waals surface area contributed by atoms with E-state index in [9.17, 15) is 0 Å². The molecule has 0 radical (unpaired) electrons. The maximum absolute atomic E-state index is 5.71. The van der Waals surface area contributed by atoms with Gasteiger partial charge in [-0.15, -0.1) is 0 Å². The number of aliphatic imine (C=N–C) groups is 1. The maximum atomic E-state index is 5.71. The van der Waals surface area contributed by atoms with Crippen LogP contribution in [0.25, 0.3) is 0 Å². The molecule has 0 fully saturated rings. The van der Waals surface area contributed by atoms with Gasteiger partial charge in [-0.3, -0.25) is 4.99 Å². The van der Waals surface area contributed by atoms with Crippen LogP contribution in [0.3, 0.4) is 0 Å². The molecule has 1 heterocycles. The van der Waals surface area contributed by atoms with E-state index in [4.69, 9.17) is 4.74 Å². The molecule has 2 nitrogen and oxygen atoms in total. The highest BCUT2D eigenvalue weighted by molar-refractivity contribution is 5.79. The van der Waals surface area contributed by atoms with Crippen molar-refractivity contribution in [3.8, 4) is 5.75 Å². The fourth-order valence-corrected chi connectivity index (χ4v) is 1.72. The third-order valence-electron chi connectivity index (χ3n) is 2.77. The summed E-state index contributed by atoms with van der Waals surface area (Å²) in [5.41, 5.74) is 2.42. The summed E-state index contributed by atoms with van der Waals surface area (Å²) >= 11 is 0. The van der Waals surface area contributed by atoms with E-state index in [1.54, 1.807) is 0 Å². The number of benzene rings is 2. The van der Waals surface area contributed by atoms with Gasteiger partial charge in [-0.25, -0.2) is 0 Å². The summed E-state index contributed by atoms with van der Waals surface area (Å²) in [6.07, 6.45) is 1.94. The van der Waals surface area contributed by atoms with Crippen molar-refractivity contribution in [3.63, 3.8) is 0 Å². The van der Waals surface area contributed by atoms with Crippen LogP contribution in [0.5, 0.6) is 5.75 Å². The normalized spacial score (nSPS) is 16.8. The van der Waals surface area contributed by atoms with Crippen LogP contribution in [0, 0.1) is 0 Å². The van der Waals surface area contributed by atoms with Gasteiger partial charge < -0.3 is 4.74 Å². The third kappa shape index (κ3) is 2.53. The SMILES string of the molecule is C1=NC1c1ccc(OCc2ccccc2)cc1. The lowest BCUT2D eigenvalue weighted by atomic mass is 10.1. The first-order valence-electron chi connectivity index (χ1n) is 5.72. The lowest BCUT2D eigenvalue weighted by Crippen LogP contribution is -1.95. The molecule has 0 bridgehead atoms. The number of ether oxygens (including phenoxy) is 1. The summed E-state index contributed by atoms with van der Waals surface area (Å²) in [5.74, 6) is 0.901. The van der Waals surface area contributed by atoms with E-state index in [0.29, 0.717) is 12.6 Å². The molecule has 2 aromatic rings.